The first kappa shape index (κ1) is 16.0. The molecule has 3 fully saturated rings. The molecule has 5 heteroatoms. The number of halogens is 2. The number of benzene rings is 1. The van der Waals surface area contributed by atoms with E-state index >= 15 is 0 Å². The first-order chi connectivity index (χ1) is 11.4. The largest absolute Gasteiger partial charge is 0.334 e. The molecule has 1 saturated carbocycles. The number of hydrogen-bond donors (Lipinski definition) is 0. The zero-order valence-electron chi connectivity index (χ0n) is 14.0. The van der Waals surface area contributed by atoms with Gasteiger partial charge in [0.25, 0.3) is 0 Å². The standard InChI is InChI=1S/C19H24F2N2O/c1-13-2-4-14(5-3-13)12-23-16-6-7-22(17(16)8-18(23)24)11-15-9-19(20,21)10-15/h2-5,15-17H,6-12H2,1H3/t16-,17-/m0/s1. The maximum Gasteiger partial charge on any atom is 0.248 e. The van der Waals surface area contributed by atoms with Gasteiger partial charge in [-0.2, -0.15) is 0 Å². The minimum Gasteiger partial charge on any atom is -0.334 e. The summed E-state index contributed by atoms with van der Waals surface area (Å²) in [7, 11) is 0. The SMILES string of the molecule is Cc1ccc(CN2C(=O)C[C@H]3[C@@H]2CCN3CC2CC(F)(F)C2)cc1. The molecule has 3 aliphatic rings. The normalized spacial score (nSPS) is 29.8. The van der Waals surface area contributed by atoms with E-state index in [0.717, 1.165) is 25.1 Å². The van der Waals surface area contributed by atoms with Crippen LogP contribution in [0.3, 0.4) is 0 Å². The van der Waals surface area contributed by atoms with Gasteiger partial charge in [-0.15, -0.1) is 0 Å². The second-order valence-corrected chi connectivity index (χ2v) is 7.76. The average molecular weight is 334 g/mol. The van der Waals surface area contributed by atoms with Gasteiger partial charge in [-0.3, -0.25) is 9.69 Å². The van der Waals surface area contributed by atoms with Crippen LogP contribution >= 0.6 is 0 Å². The predicted molar refractivity (Wildman–Crippen MR) is 87.8 cm³/mol. The van der Waals surface area contributed by atoms with Gasteiger partial charge in [-0.05, 0) is 24.8 Å². The van der Waals surface area contributed by atoms with Gasteiger partial charge in [0.2, 0.25) is 11.8 Å². The number of carbonyl (C=O) groups excluding carboxylic acids is 1. The van der Waals surface area contributed by atoms with Crippen LogP contribution in [0.25, 0.3) is 0 Å². The van der Waals surface area contributed by atoms with E-state index in [1.54, 1.807) is 0 Å². The van der Waals surface area contributed by atoms with Crippen molar-refractivity contribution in [3.05, 3.63) is 35.4 Å². The minimum atomic E-state index is -2.45. The molecule has 24 heavy (non-hydrogen) atoms. The number of rotatable bonds is 4. The van der Waals surface area contributed by atoms with Crippen LogP contribution in [-0.4, -0.2) is 46.8 Å². The zero-order valence-corrected chi connectivity index (χ0v) is 14.0. The fraction of sp³-hybridized carbons (Fsp3) is 0.632. The Hall–Kier alpha value is -1.49. The molecule has 1 aliphatic carbocycles. The third kappa shape index (κ3) is 2.94. The van der Waals surface area contributed by atoms with Crippen molar-refractivity contribution in [2.24, 2.45) is 5.92 Å². The summed E-state index contributed by atoms with van der Waals surface area (Å²) in [6, 6.07) is 8.78. The van der Waals surface area contributed by atoms with Crippen molar-refractivity contribution in [3.63, 3.8) is 0 Å². The summed E-state index contributed by atoms with van der Waals surface area (Å²) in [6.45, 7) is 4.37. The summed E-state index contributed by atoms with van der Waals surface area (Å²) >= 11 is 0. The molecule has 0 unspecified atom stereocenters. The van der Waals surface area contributed by atoms with Crippen LogP contribution in [0.15, 0.2) is 24.3 Å². The Morgan fingerprint density at radius 3 is 2.54 bits per heavy atom. The van der Waals surface area contributed by atoms with Gasteiger partial charge >= 0.3 is 0 Å². The van der Waals surface area contributed by atoms with Crippen molar-refractivity contribution in [2.75, 3.05) is 13.1 Å². The van der Waals surface area contributed by atoms with Crippen LogP contribution in [0.2, 0.25) is 0 Å². The van der Waals surface area contributed by atoms with Crippen molar-refractivity contribution in [1.82, 2.24) is 9.80 Å². The monoisotopic (exact) mass is 334 g/mol. The molecule has 1 aromatic rings. The summed E-state index contributed by atoms with van der Waals surface area (Å²) in [5.41, 5.74) is 2.38. The van der Waals surface area contributed by atoms with Gasteiger partial charge < -0.3 is 4.90 Å². The molecule has 3 nitrogen and oxygen atoms in total. The van der Waals surface area contributed by atoms with Gasteiger partial charge in [-0.1, -0.05) is 29.8 Å². The van der Waals surface area contributed by atoms with E-state index in [2.05, 4.69) is 36.1 Å². The first-order valence-electron chi connectivity index (χ1n) is 8.88. The van der Waals surface area contributed by atoms with Gasteiger partial charge in [0, 0.05) is 51.0 Å². The summed E-state index contributed by atoms with van der Waals surface area (Å²) in [4.78, 5) is 16.8. The van der Waals surface area contributed by atoms with Crippen molar-refractivity contribution in [1.29, 1.82) is 0 Å². The van der Waals surface area contributed by atoms with Crippen LogP contribution in [0.5, 0.6) is 0 Å². The highest BCUT2D eigenvalue weighted by molar-refractivity contribution is 5.80. The summed E-state index contributed by atoms with van der Waals surface area (Å²) < 4.78 is 26.1. The van der Waals surface area contributed by atoms with Crippen molar-refractivity contribution in [2.45, 2.75) is 57.2 Å². The predicted octanol–water partition coefficient (Wildman–Crippen LogP) is 3.22. The summed E-state index contributed by atoms with van der Waals surface area (Å²) in [5.74, 6) is -2.15. The Labute approximate surface area is 141 Å². The molecule has 0 aromatic heterocycles. The van der Waals surface area contributed by atoms with Crippen molar-refractivity contribution >= 4 is 5.91 Å². The van der Waals surface area contributed by atoms with Crippen LogP contribution in [0, 0.1) is 12.8 Å². The topological polar surface area (TPSA) is 23.6 Å². The Kier molecular flexibility index (Phi) is 3.87. The molecule has 2 atom stereocenters. The Morgan fingerprint density at radius 1 is 1.17 bits per heavy atom. The molecule has 0 spiro atoms. The molecule has 0 bridgehead atoms. The smallest absolute Gasteiger partial charge is 0.248 e. The lowest BCUT2D eigenvalue weighted by Gasteiger charge is -2.38. The molecule has 2 aliphatic heterocycles. The molecule has 2 heterocycles. The average Bonchev–Trinajstić information content (AvgIpc) is 3.01. The third-order valence-electron chi connectivity index (χ3n) is 5.87. The van der Waals surface area contributed by atoms with Gasteiger partial charge in [0.1, 0.15) is 0 Å². The summed E-state index contributed by atoms with van der Waals surface area (Å²) in [6.07, 6.45) is 1.54. The van der Waals surface area contributed by atoms with E-state index in [1.165, 1.54) is 5.56 Å². The fourth-order valence-electron chi connectivity index (χ4n) is 4.58. The second-order valence-electron chi connectivity index (χ2n) is 7.76. The first-order valence-corrected chi connectivity index (χ1v) is 8.88. The van der Waals surface area contributed by atoms with E-state index in [4.69, 9.17) is 0 Å². The quantitative estimate of drug-likeness (QED) is 0.844. The highest BCUT2D eigenvalue weighted by atomic mass is 19.3. The Balaban J connectivity index is 1.39. The zero-order chi connectivity index (χ0) is 16.9. The van der Waals surface area contributed by atoms with Crippen molar-refractivity contribution in [3.8, 4) is 0 Å². The van der Waals surface area contributed by atoms with Crippen LogP contribution in [-0.2, 0) is 11.3 Å². The van der Waals surface area contributed by atoms with Crippen molar-refractivity contribution < 1.29 is 13.6 Å². The number of likely N-dealkylation sites (tertiary alicyclic amines) is 2. The number of fused-ring (bicyclic) bond motifs is 1. The number of carbonyl (C=O) groups is 1. The number of alkyl halides is 2. The van der Waals surface area contributed by atoms with E-state index < -0.39 is 5.92 Å². The van der Waals surface area contributed by atoms with Crippen LogP contribution < -0.4 is 0 Å². The Morgan fingerprint density at radius 2 is 1.88 bits per heavy atom. The lowest BCUT2D eigenvalue weighted by molar-refractivity contribution is -0.130. The third-order valence-corrected chi connectivity index (χ3v) is 5.87. The number of nitrogens with zero attached hydrogens (tertiary/aromatic N) is 2. The Bertz CT molecular complexity index is 623. The number of aryl methyl sites for hydroxylation is 1. The second kappa shape index (κ2) is 5.80. The molecule has 1 aromatic carbocycles. The van der Waals surface area contributed by atoms with Gasteiger partial charge in [-0.25, -0.2) is 8.78 Å². The summed E-state index contributed by atoms with van der Waals surface area (Å²) in [5, 5.41) is 0. The molecule has 2 saturated heterocycles. The van der Waals surface area contributed by atoms with Gasteiger partial charge in [0.15, 0.2) is 0 Å². The van der Waals surface area contributed by atoms with Crippen LogP contribution in [0.1, 0.15) is 36.8 Å². The molecular weight excluding hydrogens is 310 g/mol. The van der Waals surface area contributed by atoms with E-state index in [9.17, 15) is 13.6 Å². The lowest BCUT2D eigenvalue weighted by atomic mass is 9.81. The maximum atomic E-state index is 13.0. The number of amides is 1. The van der Waals surface area contributed by atoms with E-state index in [1.807, 2.05) is 4.90 Å². The lowest BCUT2D eigenvalue weighted by Crippen LogP contribution is -2.45. The molecule has 1 amide bonds. The highest BCUT2D eigenvalue weighted by Gasteiger charge is 2.50. The van der Waals surface area contributed by atoms with E-state index in [0.29, 0.717) is 13.0 Å². The molecule has 0 N–H and O–H groups in total. The molecule has 0 radical (unpaired) electrons. The van der Waals surface area contributed by atoms with E-state index in [-0.39, 0.29) is 36.8 Å². The van der Waals surface area contributed by atoms with Gasteiger partial charge in [0.05, 0.1) is 0 Å². The minimum absolute atomic E-state index is 0.0158. The highest BCUT2D eigenvalue weighted by Crippen LogP contribution is 2.44. The van der Waals surface area contributed by atoms with Crippen LogP contribution in [0.4, 0.5) is 8.78 Å². The number of hydrogen-bond acceptors (Lipinski definition) is 2. The fourth-order valence-corrected chi connectivity index (χ4v) is 4.58. The maximum absolute atomic E-state index is 13.0. The molecule has 130 valence electrons. The molecule has 4 rings (SSSR count). The molecular formula is C19H24F2N2O.